The second-order valence-electron chi connectivity index (χ2n) is 6.25. The van der Waals surface area contributed by atoms with E-state index < -0.39 is 6.10 Å². The molecule has 0 radical (unpaired) electrons. The minimum atomic E-state index is -0.554. The van der Waals surface area contributed by atoms with Gasteiger partial charge < -0.3 is 14.6 Å². The fraction of sp³-hybridized carbons (Fsp3) is 0.474. The van der Waals surface area contributed by atoms with E-state index in [0.717, 1.165) is 35.5 Å². The SMILES string of the molecule is CCOc1ncnc2c1CN(C[C@@H](O)COc1ccccc1C)CC2. The lowest BCUT2D eigenvalue weighted by molar-refractivity contribution is 0.0627. The molecule has 3 rings (SSSR count). The van der Waals surface area contributed by atoms with Crippen LogP contribution in [0.1, 0.15) is 23.7 Å². The summed E-state index contributed by atoms with van der Waals surface area (Å²) in [5, 5.41) is 10.3. The zero-order valence-electron chi connectivity index (χ0n) is 14.8. The highest BCUT2D eigenvalue weighted by Gasteiger charge is 2.23. The van der Waals surface area contributed by atoms with Crippen molar-refractivity contribution in [3.63, 3.8) is 0 Å². The van der Waals surface area contributed by atoms with E-state index in [0.29, 0.717) is 25.6 Å². The van der Waals surface area contributed by atoms with Crippen molar-refractivity contribution in [1.29, 1.82) is 0 Å². The van der Waals surface area contributed by atoms with Gasteiger partial charge in [-0.1, -0.05) is 18.2 Å². The van der Waals surface area contributed by atoms with Crippen molar-refractivity contribution in [2.45, 2.75) is 32.9 Å². The van der Waals surface area contributed by atoms with E-state index in [1.165, 1.54) is 0 Å². The van der Waals surface area contributed by atoms with Crippen LogP contribution in [0.2, 0.25) is 0 Å². The first-order valence-corrected chi connectivity index (χ1v) is 8.71. The number of benzene rings is 1. The van der Waals surface area contributed by atoms with E-state index in [-0.39, 0.29) is 6.61 Å². The van der Waals surface area contributed by atoms with Gasteiger partial charge in [0.25, 0.3) is 0 Å². The van der Waals surface area contributed by atoms with Crippen molar-refractivity contribution in [1.82, 2.24) is 14.9 Å². The molecule has 134 valence electrons. The normalized spacial score (nSPS) is 15.5. The van der Waals surface area contributed by atoms with Gasteiger partial charge in [-0.2, -0.15) is 0 Å². The van der Waals surface area contributed by atoms with E-state index in [2.05, 4.69) is 14.9 Å². The molecule has 0 saturated heterocycles. The Kier molecular flexibility index (Phi) is 5.83. The van der Waals surface area contributed by atoms with Gasteiger partial charge in [0.15, 0.2) is 0 Å². The highest BCUT2D eigenvalue weighted by molar-refractivity contribution is 5.32. The Hall–Kier alpha value is -2.18. The lowest BCUT2D eigenvalue weighted by Gasteiger charge is -2.30. The molecule has 0 spiro atoms. The molecular weight excluding hydrogens is 318 g/mol. The van der Waals surface area contributed by atoms with Crippen molar-refractivity contribution < 1.29 is 14.6 Å². The number of ether oxygens (including phenoxy) is 2. The number of hydrogen-bond acceptors (Lipinski definition) is 6. The van der Waals surface area contributed by atoms with E-state index in [1.54, 1.807) is 6.33 Å². The molecule has 1 aromatic carbocycles. The predicted molar refractivity (Wildman–Crippen MR) is 94.9 cm³/mol. The summed E-state index contributed by atoms with van der Waals surface area (Å²) >= 11 is 0. The zero-order chi connectivity index (χ0) is 17.6. The van der Waals surface area contributed by atoms with E-state index >= 15 is 0 Å². The molecule has 1 atom stereocenters. The number of para-hydroxylation sites is 1. The van der Waals surface area contributed by atoms with E-state index in [9.17, 15) is 5.11 Å². The van der Waals surface area contributed by atoms with Crippen molar-refractivity contribution in [3.05, 3.63) is 47.4 Å². The van der Waals surface area contributed by atoms with Crippen LogP contribution in [0.15, 0.2) is 30.6 Å². The number of aryl methyl sites for hydroxylation is 1. The molecule has 6 nitrogen and oxygen atoms in total. The van der Waals surface area contributed by atoms with Crippen LogP contribution in [0.4, 0.5) is 0 Å². The summed E-state index contributed by atoms with van der Waals surface area (Å²) in [5.41, 5.74) is 3.14. The van der Waals surface area contributed by atoms with Gasteiger partial charge >= 0.3 is 0 Å². The fourth-order valence-electron chi connectivity index (χ4n) is 3.04. The van der Waals surface area contributed by atoms with Crippen LogP contribution in [-0.4, -0.2) is 52.4 Å². The number of rotatable bonds is 7. The zero-order valence-corrected chi connectivity index (χ0v) is 14.8. The minimum Gasteiger partial charge on any atom is -0.491 e. The summed E-state index contributed by atoms with van der Waals surface area (Å²) in [5.74, 6) is 1.47. The summed E-state index contributed by atoms with van der Waals surface area (Å²) in [7, 11) is 0. The fourth-order valence-corrected chi connectivity index (χ4v) is 3.04. The highest BCUT2D eigenvalue weighted by Crippen LogP contribution is 2.24. The molecule has 25 heavy (non-hydrogen) atoms. The number of β-amino-alcohol motifs (C(OH)–C–C–N with tert-alkyl or cyclic N) is 1. The summed E-state index contributed by atoms with van der Waals surface area (Å²) in [4.78, 5) is 10.8. The molecule has 0 saturated carbocycles. The maximum atomic E-state index is 10.3. The van der Waals surface area contributed by atoms with Gasteiger partial charge in [-0.05, 0) is 25.5 Å². The van der Waals surface area contributed by atoms with Gasteiger partial charge in [-0.3, -0.25) is 4.90 Å². The smallest absolute Gasteiger partial charge is 0.221 e. The first-order chi connectivity index (χ1) is 12.2. The summed E-state index contributed by atoms with van der Waals surface area (Å²) in [6, 6.07) is 7.83. The standard InChI is InChI=1S/C19H25N3O3/c1-3-24-19-16-11-22(9-8-17(16)20-13-21-19)10-15(23)12-25-18-7-5-4-6-14(18)2/h4-7,13,15,23H,3,8-12H2,1-2H3/t15-/m1/s1. The molecule has 2 heterocycles. The van der Waals surface area contributed by atoms with Crippen LogP contribution in [0.25, 0.3) is 0 Å². The van der Waals surface area contributed by atoms with E-state index in [4.69, 9.17) is 9.47 Å². The second-order valence-corrected chi connectivity index (χ2v) is 6.25. The van der Waals surface area contributed by atoms with Crippen molar-refractivity contribution >= 4 is 0 Å². The third-order valence-electron chi connectivity index (χ3n) is 4.32. The average molecular weight is 343 g/mol. The molecular formula is C19H25N3O3. The molecule has 0 aliphatic carbocycles. The van der Waals surface area contributed by atoms with Crippen molar-refractivity contribution in [2.75, 3.05) is 26.3 Å². The number of aromatic nitrogens is 2. The average Bonchev–Trinajstić information content (AvgIpc) is 2.62. The monoisotopic (exact) mass is 343 g/mol. The lowest BCUT2D eigenvalue weighted by Crippen LogP contribution is -2.39. The summed E-state index contributed by atoms with van der Waals surface area (Å²) < 4.78 is 11.4. The Balaban J connectivity index is 1.56. The maximum Gasteiger partial charge on any atom is 0.221 e. The molecule has 1 N–H and O–H groups in total. The van der Waals surface area contributed by atoms with Crippen LogP contribution in [0.5, 0.6) is 11.6 Å². The summed E-state index contributed by atoms with van der Waals surface area (Å²) in [6.45, 7) is 6.89. The second kappa shape index (κ2) is 8.27. The largest absolute Gasteiger partial charge is 0.491 e. The van der Waals surface area contributed by atoms with Gasteiger partial charge in [-0.25, -0.2) is 9.97 Å². The molecule has 0 amide bonds. The minimum absolute atomic E-state index is 0.276. The number of aliphatic hydroxyl groups excluding tert-OH is 1. The number of nitrogens with zero attached hydrogens (tertiary/aromatic N) is 3. The van der Waals surface area contributed by atoms with Gasteiger partial charge in [0, 0.05) is 31.6 Å². The molecule has 0 unspecified atom stereocenters. The van der Waals surface area contributed by atoms with Gasteiger partial charge in [0.2, 0.25) is 5.88 Å². The molecule has 1 aliphatic rings. The highest BCUT2D eigenvalue weighted by atomic mass is 16.5. The van der Waals surface area contributed by atoms with Gasteiger partial charge in [-0.15, -0.1) is 0 Å². The molecule has 0 bridgehead atoms. The Morgan fingerprint density at radius 2 is 2.08 bits per heavy atom. The third-order valence-corrected chi connectivity index (χ3v) is 4.32. The van der Waals surface area contributed by atoms with Crippen LogP contribution < -0.4 is 9.47 Å². The predicted octanol–water partition coefficient (Wildman–Crippen LogP) is 1.98. The molecule has 6 heteroatoms. The Morgan fingerprint density at radius 3 is 2.88 bits per heavy atom. The number of hydrogen-bond donors (Lipinski definition) is 1. The maximum absolute atomic E-state index is 10.3. The lowest BCUT2D eigenvalue weighted by atomic mass is 10.1. The van der Waals surface area contributed by atoms with Crippen LogP contribution in [0, 0.1) is 6.92 Å². The van der Waals surface area contributed by atoms with E-state index in [1.807, 2.05) is 38.1 Å². The Labute approximate surface area is 148 Å². The molecule has 1 aromatic heterocycles. The first-order valence-electron chi connectivity index (χ1n) is 8.71. The molecule has 2 aromatic rings. The van der Waals surface area contributed by atoms with Crippen molar-refractivity contribution in [2.24, 2.45) is 0 Å². The first kappa shape index (κ1) is 17.6. The van der Waals surface area contributed by atoms with Crippen LogP contribution >= 0.6 is 0 Å². The number of fused-ring (bicyclic) bond motifs is 1. The topological polar surface area (TPSA) is 67.7 Å². The summed E-state index contributed by atoms with van der Waals surface area (Å²) in [6.07, 6.45) is 1.84. The van der Waals surface area contributed by atoms with Gasteiger partial charge in [0.1, 0.15) is 24.8 Å². The molecule has 0 fully saturated rings. The number of aliphatic hydroxyl groups is 1. The van der Waals surface area contributed by atoms with Crippen LogP contribution in [0.3, 0.4) is 0 Å². The van der Waals surface area contributed by atoms with Crippen LogP contribution in [-0.2, 0) is 13.0 Å². The third kappa shape index (κ3) is 4.46. The molecule has 1 aliphatic heterocycles. The Bertz CT molecular complexity index is 708. The Morgan fingerprint density at radius 1 is 1.24 bits per heavy atom. The van der Waals surface area contributed by atoms with Crippen molar-refractivity contribution in [3.8, 4) is 11.6 Å². The quantitative estimate of drug-likeness (QED) is 0.829. The van der Waals surface area contributed by atoms with Gasteiger partial charge in [0.05, 0.1) is 12.3 Å².